The molecule has 31 heavy (non-hydrogen) atoms. The van der Waals surface area contributed by atoms with E-state index >= 15 is 0 Å². The van der Waals surface area contributed by atoms with Crippen molar-refractivity contribution in [3.05, 3.63) is 40.7 Å². The number of carboxylic acids is 1. The van der Waals surface area contributed by atoms with Gasteiger partial charge >= 0.3 is 5.97 Å². The van der Waals surface area contributed by atoms with Gasteiger partial charge in [0.15, 0.2) is 0 Å². The molecule has 0 bridgehead atoms. The molecule has 2 atom stereocenters. The van der Waals surface area contributed by atoms with Gasteiger partial charge in [0.25, 0.3) is 0 Å². The maximum Gasteiger partial charge on any atom is 0.326 e. The number of carbonyl (C=O) groups is 3. The molecule has 0 aliphatic rings. The lowest BCUT2D eigenvalue weighted by atomic mass is 10.0. The number of hydrogen-bond donors (Lipinski definition) is 4. The largest absolute Gasteiger partial charge is 0.480 e. The first-order chi connectivity index (χ1) is 14.5. The van der Waals surface area contributed by atoms with Gasteiger partial charge in [-0.25, -0.2) is 4.79 Å². The van der Waals surface area contributed by atoms with E-state index in [1.54, 1.807) is 23.6 Å². The second kappa shape index (κ2) is 10.8. The van der Waals surface area contributed by atoms with Gasteiger partial charge in [-0.05, 0) is 49.3 Å². The third kappa shape index (κ3) is 7.36. The first-order valence-corrected chi connectivity index (χ1v) is 11.5. The number of rotatable bonds is 10. The number of nitrogens with zero attached hydrogens (tertiary/aromatic N) is 1. The minimum absolute atomic E-state index is 0.0740. The van der Waals surface area contributed by atoms with Crippen molar-refractivity contribution in [2.75, 3.05) is 0 Å². The van der Waals surface area contributed by atoms with E-state index in [1.165, 1.54) is 13.8 Å². The number of nitrogens with one attached hydrogen (secondary N) is 2. The molecule has 2 aromatic rings. The molecule has 0 aliphatic heterocycles. The minimum Gasteiger partial charge on any atom is -0.480 e. The summed E-state index contributed by atoms with van der Waals surface area (Å²) >= 11 is 5.87. The van der Waals surface area contributed by atoms with E-state index in [9.17, 15) is 19.5 Å². The summed E-state index contributed by atoms with van der Waals surface area (Å²) < 4.78 is 0. The van der Waals surface area contributed by atoms with Gasteiger partial charge in [-0.15, -0.1) is 0 Å². The van der Waals surface area contributed by atoms with E-state index < -0.39 is 28.7 Å². The summed E-state index contributed by atoms with van der Waals surface area (Å²) in [6.07, 6.45) is 2.25. The number of pyridine rings is 1. The molecule has 0 aromatic carbocycles. The van der Waals surface area contributed by atoms with Crippen molar-refractivity contribution in [2.45, 2.75) is 57.4 Å². The molecule has 0 saturated heterocycles. The highest BCUT2D eigenvalue weighted by molar-refractivity contribution is 7.81. The summed E-state index contributed by atoms with van der Waals surface area (Å²) in [7, 11) is 0. The third-order valence-electron chi connectivity index (χ3n) is 4.69. The summed E-state index contributed by atoms with van der Waals surface area (Å²) in [5.41, 5.74) is 1.19. The minimum atomic E-state index is -1.29. The lowest BCUT2D eigenvalue weighted by Gasteiger charge is -2.28. The van der Waals surface area contributed by atoms with Crippen molar-refractivity contribution in [3.63, 3.8) is 0 Å². The zero-order valence-electron chi connectivity index (χ0n) is 18.1. The predicted octanol–water partition coefficient (Wildman–Crippen LogP) is 3.16. The zero-order chi connectivity index (χ0) is 23.2. The van der Waals surface area contributed by atoms with Crippen LogP contribution < -0.4 is 10.6 Å². The van der Waals surface area contributed by atoms with Crippen LogP contribution in [0.5, 0.6) is 0 Å². The van der Waals surface area contributed by atoms with Crippen LogP contribution in [0, 0.1) is 5.92 Å². The molecule has 0 saturated carbocycles. The molecule has 9 heteroatoms. The van der Waals surface area contributed by atoms with Gasteiger partial charge in [-0.1, -0.05) is 19.9 Å². The average Bonchev–Trinajstić information content (AvgIpc) is 3.21. The number of carboxylic acid groups (broad SMARTS) is 1. The number of aliphatic carboxylic acids is 1. The number of carbonyl (C=O) groups excluding carboxylic acids is 2. The highest BCUT2D eigenvalue weighted by Crippen LogP contribution is 2.20. The molecule has 3 N–H and O–H groups in total. The molecule has 2 rings (SSSR count). The van der Waals surface area contributed by atoms with Crippen LogP contribution in [-0.2, 0) is 20.8 Å². The number of amides is 2. The summed E-state index contributed by atoms with van der Waals surface area (Å²) in [5, 5.41) is 18.2. The van der Waals surface area contributed by atoms with Gasteiger partial charge in [0.2, 0.25) is 11.8 Å². The van der Waals surface area contributed by atoms with Crippen LogP contribution in [0.1, 0.15) is 39.7 Å². The van der Waals surface area contributed by atoms with Crippen LogP contribution in [0.2, 0.25) is 0 Å². The van der Waals surface area contributed by atoms with Crippen molar-refractivity contribution < 1.29 is 19.5 Å². The van der Waals surface area contributed by atoms with E-state index in [1.807, 2.05) is 36.7 Å². The van der Waals surface area contributed by atoms with E-state index in [2.05, 4.69) is 28.2 Å². The molecule has 7 nitrogen and oxygen atoms in total. The number of thiophene rings is 1. The van der Waals surface area contributed by atoms with Crippen LogP contribution in [0.15, 0.2) is 35.2 Å². The molecular formula is C22H29N3O4S2. The second-order valence-electron chi connectivity index (χ2n) is 8.39. The van der Waals surface area contributed by atoms with Crippen LogP contribution in [0.25, 0.3) is 11.3 Å². The number of aromatic nitrogens is 1. The molecule has 2 heterocycles. The normalized spacial score (nSPS) is 13.5. The van der Waals surface area contributed by atoms with Gasteiger partial charge in [0.05, 0.1) is 10.9 Å². The van der Waals surface area contributed by atoms with E-state index in [-0.39, 0.29) is 18.2 Å². The smallest absolute Gasteiger partial charge is 0.326 e. The Balaban J connectivity index is 2.02. The van der Waals surface area contributed by atoms with Crippen LogP contribution >= 0.6 is 24.0 Å². The molecule has 0 spiro atoms. The Kier molecular flexibility index (Phi) is 8.64. The highest BCUT2D eigenvalue weighted by Gasteiger charge is 2.34. The number of hydrogen-bond acceptors (Lipinski definition) is 6. The van der Waals surface area contributed by atoms with E-state index in [0.29, 0.717) is 12.0 Å². The Morgan fingerprint density at radius 1 is 1.23 bits per heavy atom. The van der Waals surface area contributed by atoms with Crippen LogP contribution in [0.4, 0.5) is 0 Å². The monoisotopic (exact) mass is 463 g/mol. The van der Waals surface area contributed by atoms with Gasteiger partial charge in [0, 0.05) is 23.6 Å². The Labute approximate surface area is 192 Å². The first-order valence-electron chi connectivity index (χ1n) is 10.0. The summed E-state index contributed by atoms with van der Waals surface area (Å²) in [5.74, 6) is -1.83. The molecular weight excluding hydrogens is 434 g/mol. The maximum absolute atomic E-state index is 12.7. The molecule has 0 aliphatic carbocycles. The Morgan fingerprint density at radius 2 is 1.94 bits per heavy atom. The molecule has 2 unspecified atom stereocenters. The molecule has 2 amide bonds. The van der Waals surface area contributed by atoms with Gasteiger partial charge in [-0.2, -0.15) is 24.0 Å². The lowest BCUT2D eigenvalue weighted by molar-refractivity contribution is -0.143. The maximum atomic E-state index is 12.7. The van der Waals surface area contributed by atoms with Crippen LogP contribution in [0.3, 0.4) is 0 Å². The zero-order valence-corrected chi connectivity index (χ0v) is 19.8. The topological polar surface area (TPSA) is 108 Å². The fourth-order valence-corrected chi connectivity index (χ4v) is 4.04. The molecule has 168 valence electrons. The molecule has 2 aromatic heterocycles. The molecule has 0 radical (unpaired) electrons. The van der Waals surface area contributed by atoms with E-state index in [0.717, 1.165) is 11.3 Å². The standard InChI is InChI=1S/C22H29N3O4S2/c1-13(2)9-18(30)19(26)25-22(3,4)21(29)24-17(20(27)28)10-14-5-6-16(23-11-14)15-7-8-31-12-15/h5-8,11-13,17-18,30H,9-10H2,1-4H3,(H,24,29)(H,25,26)(H,27,28). The first kappa shape index (κ1) is 24.9. The van der Waals surface area contributed by atoms with Gasteiger partial charge in [0.1, 0.15) is 11.6 Å². The fraction of sp³-hybridized carbons (Fsp3) is 0.455. The Bertz CT molecular complexity index is 896. The van der Waals surface area contributed by atoms with Crippen molar-refractivity contribution in [3.8, 4) is 11.3 Å². The van der Waals surface area contributed by atoms with Crippen molar-refractivity contribution in [1.82, 2.24) is 15.6 Å². The van der Waals surface area contributed by atoms with Crippen molar-refractivity contribution in [2.24, 2.45) is 5.92 Å². The summed E-state index contributed by atoms with van der Waals surface area (Å²) in [4.78, 5) is 41.2. The SMILES string of the molecule is CC(C)CC(S)C(=O)NC(C)(C)C(=O)NC(Cc1ccc(-c2ccsc2)nc1)C(=O)O. The molecule has 0 fully saturated rings. The number of thiol groups is 1. The van der Waals surface area contributed by atoms with E-state index in [4.69, 9.17) is 0 Å². The second-order valence-corrected chi connectivity index (χ2v) is 9.80. The van der Waals surface area contributed by atoms with Gasteiger partial charge < -0.3 is 15.7 Å². The predicted molar refractivity (Wildman–Crippen MR) is 125 cm³/mol. The quantitative estimate of drug-likeness (QED) is 0.405. The fourth-order valence-electron chi connectivity index (χ4n) is 2.90. The average molecular weight is 464 g/mol. The van der Waals surface area contributed by atoms with Crippen molar-refractivity contribution in [1.29, 1.82) is 0 Å². The van der Waals surface area contributed by atoms with Crippen molar-refractivity contribution >= 4 is 41.7 Å². The Hall–Kier alpha value is -2.39. The van der Waals surface area contributed by atoms with Crippen LogP contribution in [-0.4, -0.2) is 44.7 Å². The van der Waals surface area contributed by atoms with Gasteiger partial charge in [-0.3, -0.25) is 14.6 Å². The summed E-state index contributed by atoms with van der Waals surface area (Å²) in [6.45, 7) is 7.03. The lowest BCUT2D eigenvalue weighted by Crippen LogP contribution is -2.59. The highest BCUT2D eigenvalue weighted by atomic mass is 32.1. The third-order valence-corrected chi connectivity index (χ3v) is 5.81. The summed E-state index contributed by atoms with van der Waals surface area (Å²) in [6, 6.07) is 4.43. The Morgan fingerprint density at radius 3 is 2.45 bits per heavy atom.